The topological polar surface area (TPSA) is 60.2 Å². The molecular weight excluding hydrogens is 162 g/mol. The van der Waals surface area contributed by atoms with Crippen molar-refractivity contribution in [3.05, 3.63) is 0 Å². The van der Waals surface area contributed by atoms with Crippen LogP contribution in [0.2, 0.25) is 0 Å². The van der Waals surface area contributed by atoms with Crippen molar-refractivity contribution >= 4 is 21.4 Å². The number of hydrogen-bond donors (Lipinski definition) is 1. The van der Waals surface area contributed by atoms with Crippen molar-refractivity contribution in [3.63, 3.8) is 0 Å². The number of nitrogens with two attached hydrogens (primary N) is 1. The molecule has 0 amide bonds. The fourth-order valence-electron chi connectivity index (χ4n) is 0.832. The Morgan fingerprint density at radius 3 is 2.11 bits per heavy atom. The molecule has 1 saturated heterocycles. The molecule has 2 atom stereocenters. The summed E-state index contributed by atoms with van der Waals surface area (Å²) in [5.74, 6) is 0.0802. The standard InChI is InChI=1S/C4H8ClNO2S/c5-3-1-9(7,8)2-4(3)6/h3-4H,1-2,6H2/t3-,4+/m1/s1. The van der Waals surface area contributed by atoms with Crippen molar-refractivity contribution in [2.75, 3.05) is 11.5 Å². The van der Waals surface area contributed by atoms with Crippen LogP contribution in [-0.2, 0) is 9.84 Å². The predicted molar refractivity (Wildman–Crippen MR) is 36.3 cm³/mol. The first kappa shape index (κ1) is 7.31. The maximum atomic E-state index is 10.7. The lowest BCUT2D eigenvalue weighted by atomic mass is 10.3. The molecule has 2 N–H and O–H groups in total. The molecule has 0 aromatic carbocycles. The maximum Gasteiger partial charge on any atom is 0.153 e. The summed E-state index contributed by atoms with van der Waals surface area (Å²) in [6, 6.07) is -0.364. The molecule has 0 spiro atoms. The van der Waals surface area contributed by atoms with E-state index in [2.05, 4.69) is 0 Å². The molecule has 5 heteroatoms. The summed E-state index contributed by atoms with van der Waals surface area (Å²) < 4.78 is 21.4. The molecule has 0 radical (unpaired) electrons. The third-order valence-electron chi connectivity index (χ3n) is 1.32. The minimum Gasteiger partial charge on any atom is -0.326 e. The molecule has 0 aliphatic carbocycles. The van der Waals surface area contributed by atoms with Crippen molar-refractivity contribution < 1.29 is 8.42 Å². The van der Waals surface area contributed by atoms with Crippen LogP contribution in [0, 0.1) is 0 Å². The highest BCUT2D eigenvalue weighted by atomic mass is 35.5. The van der Waals surface area contributed by atoms with E-state index in [-0.39, 0.29) is 22.9 Å². The van der Waals surface area contributed by atoms with Gasteiger partial charge in [-0.25, -0.2) is 8.42 Å². The summed E-state index contributed by atoms with van der Waals surface area (Å²) in [5.41, 5.74) is 5.34. The van der Waals surface area contributed by atoms with Crippen LogP contribution in [0.3, 0.4) is 0 Å². The molecule has 1 heterocycles. The minimum absolute atomic E-state index is 0.0374. The van der Waals surface area contributed by atoms with Crippen molar-refractivity contribution in [1.82, 2.24) is 0 Å². The molecule has 1 aliphatic heterocycles. The molecule has 9 heavy (non-hydrogen) atoms. The van der Waals surface area contributed by atoms with E-state index in [4.69, 9.17) is 17.3 Å². The Bertz CT molecular complexity index is 185. The molecule has 0 saturated carbocycles. The molecule has 3 nitrogen and oxygen atoms in total. The molecule has 1 fully saturated rings. The second-order valence-corrected chi connectivity index (χ2v) is 4.97. The lowest BCUT2D eigenvalue weighted by Crippen LogP contribution is -2.28. The van der Waals surface area contributed by atoms with Gasteiger partial charge in [0.2, 0.25) is 0 Å². The van der Waals surface area contributed by atoms with Gasteiger partial charge in [-0.3, -0.25) is 0 Å². The third kappa shape index (κ3) is 1.56. The van der Waals surface area contributed by atoms with Gasteiger partial charge in [-0.05, 0) is 0 Å². The SMILES string of the molecule is N[C@H]1CS(=O)(=O)C[C@H]1Cl. The van der Waals surface area contributed by atoms with Crippen LogP contribution in [-0.4, -0.2) is 31.3 Å². The zero-order valence-electron chi connectivity index (χ0n) is 4.75. The fourth-order valence-corrected chi connectivity index (χ4v) is 3.29. The first-order chi connectivity index (χ1) is 4.01. The fraction of sp³-hybridized carbons (Fsp3) is 1.00. The van der Waals surface area contributed by atoms with E-state index in [1.807, 2.05) is 0 Å². The summed E-state index contributed by atoms with van der Waals surface area (Å²) in [4.78, 5) is 0. The number of alkyl halides is 1. The van der Waals surface area contributed by atoms with Gasteiger partial charge in [0, 0.05) is 6.04 Å². The van der Waals surface area contributed by atoms with E-state index in [0.29, 0.717) is 0 Å². The van der Waals surface area contributed by atoms with Gasteiger partial charge < -0.3 is 5.73 Å². The van der Waals surface area contributed by atoms with Gasteiger partial charge in [-0.1, -0.05) is 0 Å². The third-order valence-corrected chi connectivity index (χ3v) is 3.74. The van der Waals surface area contributed by atoms with E-state index in [1.54, 1.807) is 0 Å². The Morgan fingerprint density at radius 2 is 2.00 bits per heavy atom. The molecule has 0 aromatic rings. The second-order valence-electron chi connectivity index (χ2n) is 2.26. The highest BCUT2D eigenvalue weighted by Gasteiger charge is 2.33. The Hall–Kier alpha value is 0.200. The Balaban J connectivity index is 2.77. The average Bonchev–Trinajstić information content (AvgIpc) is 1.79. The molecule has 1 aliphatic rings. The summed E-state index contributed by atoms with van der Waals surface area (Å²) in [7, 11) is -2.90. The van der Waals surface area contributed by atoms with Crippen molar-refractivity contribution in [1.29, 1.82) is 0 Å². The van der Waals surface area contributed by atoms with Gasteiger partial charge in [0.05, 0.1) is 16.9 Å². The van der Waals surface area contributed by atoms with E-state index in [0.717, 1.165) is 0 Å². The number of halogens is 1. The van der Waals surface area contributed by atoms with Crippen LogP contribution in [0.25, 0.3) is 0 Å². The van der Waals surface area contributed by atoms with Gasteiger partial charge in [-0.2, -0.15) is 0 Å². The number of rotatable bonds is 0. The van der Waals surface area contributed by atoms with Gasteiger partial charge in [-0.15, -0.1) is 11.6 Å². The normalized spacial score (nSPS) is 41.1. The molecule has 0 aromatic heterocycles. The zero-order chi connectivity index (χ0) is 7.07. The molecule has 1 rings (SSSR count). The Morgan fingerprint density at radius 1 is 1.44 bits per heavy atom. The number of sulfone groups is 1. The van der Waals surface area contributed by atoms with Crippen LogP contribution < -0.4 is 5.73 Å². The largest absolute Gasteiger partial charge is 0.326 e. The van der Waals surface area contributed by atoms with E-state index in [1.165, 1.54) is 0 Å². The van der Waals surface area contributed by atoms with Crippen LogP contribution in [0.4, 0.5) is 0 Å². The first-order valence-corrected chi connectivity index (χ1v) is 4.87. The minimum atomic E-state index is -2.90. The molecule has 0 unspecified atom stereocenters. The predicted octanol–water partition coefficient (Wildman–Crippen LogP) is -0.650. The highest BCUT2D eigenvalue weighted by molar-refractivity contribution is 7.91. The van der Waals surface area contributed by atoms with Crippen molar-refractivity contribution in [2.24, 2.45) is 5.73 Å². The highest BCUT2D eigenvalue weighted by Crippen LogP contribution is 2.15. The lowest BCUT2D eigenvalue weighted by molar-refractivity contribution is 0.601. The average molecular weight is 170 g/mol. The summed E-state index contributed by atoms with van der Waals surface area (Å²) in [6.07, 6.45) is 0. The summed E-state index contributed by atoms with van der Waals surface area (Å²) in [6.45, 7) is 0. The molecule has 0 bridgehead atoms. The Labute approximate surface area is 59.1 Å². The summed E-state index contributed by atoms with van der Waals surface area (Å²) >= 11 is 5.54. The lowest BCUT2D eigenvalue weighted by Gasteiger charge is -2.00. The Kier molecular flexibility index (Phi) is 1.71. The maximum absolute atomic E-state index is 10.7. The zero-order valence-corrected chi connectivity index (χ0v) is 6.32. The van der Waals surface area contributed by atoms with E-state index >= 15 is 0 Å². The van der Waals surface area contributed by atoms with Gasteiger partial charge in [0.15, 0.2) is 9.84 Å². The van der Waals surface area contributed by atoms with Gasteiger partial charge in [0.25, 0.3) is 0 Å². The summed E-state index contributed by atoms with van der Waals surface area (Å²) in [5, 5.41) is -0.380. The molecular formula is C4H8ClNO2S. The second kappa shape index (κ2) is 2.11. The van der Waals surface area contributed by atoms with Crippen molar-refractivity contribution in [3.8, 4) is 0 Å². The van der Waals surface area contributed by atoms with Crippen LogP contribution in [0.5, 0.6) is 0 Å². The van der Waals surface area contributed by atoms with Crippen LogP contribution >= 0.6 is 11.6 Å². The monoisotopic (exact) mass is 169 g/mol. The van der Waals surface area contributed by atoms with Crippen molar-refractivity contribution in [2.45, 2.75) is 11.4 Å². The van der Waals surface area contributed by atoms with E-state index in [9.17, 15) is 8.42 Å². The quantitative estimate of drug-likeness (QED) is 0.491. The first-order valence-electron chi connectivity index (χ1n) is 2.61. The van der Waals surface area contributed by atoms with Crippen LogP contribution in [0.15, 0.2) is 0 Å². The van der Waals surface area contributed by atoms with Crippen LogP contribution in [0.1, 0.15) is 0 Å². The number of hydrogen-bond acceptors (Lipinski definition) is 3. The van der Waals surface area contributed by atoms with Gasteiger partial charge in [0.1, 0.15) is 0 Å². The van der Waals surface area contributed by atoms with Gasteiger partial charge >= 0.3 is 0 Å². The van der Waals surface area contributed by atoms with E-state index < -0.39 is 9.84 Å². The smallest absolute Gasteiger partial charge is 0.153 e. The molecule has 54 valence electrons.